The number of amides is 1. The standard InChI is InChI=1S/C16H25N3O/c1-2-18(13-7-5-12(17)6-8-13)16(20)15-4-3-11-19(15)14-9-10-14/h3-4,11-14H,2,5-10,17H2,1H3. The van der Waals surface area contributed by atoms with Crippen molar-refractivity contribution >= 4 is 5.91 Å². The summed E-state index contributed by atoms with van der Waals surface area (Å²) in [7, 11) is 0. The van der Waals surface area contributed by atoms with Crippen LogP contribution in [0.4, 0.5) is 0 Å². The predicted molar refractivity (Wildman–Crippen MR) is 79.6 cm³/mol. The van der Waals surface area contributed by atoms with E-state index < -0.39 is 0 Å². The molecule has 1 aromatic heterocycles. The van der Waals surface area contributed by atoms with Crippen molar-refractivity contribution < 1.29 is 4.79 Å². The molecule has 0 atom stereocenters. The molecule has 2 aliphatic carbocycles. The zero-order valence-electron chi connectivity index (χ0n) is 12.3. The second-order valence-corrected chi connectivity index (χ2v) is 6.19. The van der Waals surface area contributed by atoms with E-state index in [2.05, 4.69) is 22.6 Å². The maximum atomic E-state index is 12.8. The molecule has 4 heteroatoms. The van der Waals surface area contributed by atoms with Crippen LogP contribution in [0.1, 0.15) is 62.0 Å². The van der Waals surface area contributed by atoms with Crippen molar-refractivity contribution in [3.05, 3.63) is 24.0 Å². The number of aromatic nitrogens is 1. The van der Waals surface area contributed by atoms with Gasteiger partial charge in [0.15, 0.2) is 0 Å². The predicted octanol–water partition coefficient (Wildman–Crippen LogP) is 2.56. The Morgan fingerprint density at radius 2 is 2.00 bits per heavy atom. The first-order valence-electron chi connectivity index (χ1n) is 7.94. The number of hydrogen-bond acceptors (Lipinski definition) is 2. The van der Waals surface area contributed by atoms with Gasteiger partial charge in [0.25, 0.3) is 5.91 Å². The fourth-order valence-electron chi connectivity index (χ4n) is 3.37. The molecule has 0 spiro atoms. The van der Waals surface area contributed by atoms with E-state index >= 15 is 0 Å². The first-order valence-corrected chi connectivity index (χ1v) is 7.94. The third-order valence-corrected chi connectivity index (χ3v) is 4.72. The van der Waals surface area contributed by atoms with E-state index in [-0.39, 0.29) is 5.91 Å². The van der Waals surface area contributed by atoms with Gasteiger partial charge in [0, 0.05) is 30.9 Å². The summed E-state index contributed by atoms with van der Waals surface area (Å²) in [6.07, 6.45) is 8.64. The average molecular weight is 275 g/mol. The molecule has 1 amide bonds. The molecule has 0 radical (unpaired) electrons. The lowest BCUT2D eigenvalue weighted by Crippen LogP contribution is -2.44. The highest BCUT2D eigenvalue weighted by molar-refractivity contribution is 5.93. The third kappa shape index (κ3) is 2.62. The van der Waals surface area contributed by atoms with Crippen molar-refractivity contribution in [3.63, 3.8) is 0 Å². The summed E-state index contributed by atoms with van der Waals surface area (Å²) < 4.78 is 2.17. The minimum absolute atomic E-state index is 0.199. The summed E-state index contributed by atoms with van der Waals surface area (Å²) in [5, 5.41) is 0. The van der Waals surface area contributed by atoms with Crippen LogP contribution in [0, 0.1) is 0 Å². The van der Waals surface area contributed by atoms with Gasteiger partial charge in [-0.15, -0.1) is 0 Å². The third-order valence-electron chi connectivity index (χ3n) is 4.72. The fraction of sp³-hybridized carbons (Fsp3) is 0.688. The van der Waals surface area contributed by atoms with Crippen LogP contribution in [0.3, 0.4) is 0 Å². The topological polar surface area (TPSA) is 51.3 Å². The molecule has 2 N–H and O–H groups in total. The Balaban J connectivity index is 1.74. The number of hydrogen-bond donors (Lipinski definition) is 1. The lowest BCUT2D eigenvalue weighted by molar-refractivity contribution is 0.0629. The molecular formula is C16H25N3O. The lowest BCUT2D eigenvalue weighted by Gasteiger charge is -2.35. The molecule has 0 unspecified atom stereocenters. The van der Waals surface area contributed by atoms with Crippen molar-refractivity contribution in [2.75, 3.05) is 6.54 Å². The van der Waals surface area contributed by atoms with Gasteiger partial charge in [-0.2, -0.15) is 0 Å². The summed E-state index contributed by atoms with van der Waals surface area (Å²) in [6, 6.07) is 5.22. The summed E-state index contributed by atoms with van der Waals surface area (Å²) >= 11 is 0. The Bertz CT molecular complexity index is 470. The van der Waals surface area contributed by atoms with Gasteiger partial charge in [0.05, 0.1) is 0 Å². The van der Waals surface area contributed by atoms with E-state index in [9.17, 15) is 4.79 Å². The summed E-state index contributed by atoms with van der Waals surface area (Å²) in [5.41, 5.74) is 6.84. The molecule has 2 saturated carbocycles. The van der Waals surface area contributed by atoms with Crippen LogP contribution in [0.2, 0.25) is 0 Å². The van der Waals surface area contributed by atoms with Gasteiger partial charge in [0.2, 0.25) is 0 Å². The van der Waals surface area contributed by atoms with E-state index in [1.807, 2.05) is 12.1 Å². The van der Waals surface area contributed by atoms with E-state index in [4.69, 9.17) is 5.73 Å². The van der Waals surface area contributed by atoms with Crippen LogP contribution in [-0.2, 0) is 0 Å². The largest absolute Gasteiger partial charge is 0.340 e. The Hall–Kier alpha value is -1.29. The molecule has 0 aliphatic heterocycles. The molecular weight excluding hydrogens is 250 g/mol. The number of carbonyl (C=O) groups excluding carboxylic acids is 1. The maximum absolute atomic E-state index is 12.8. The van der Waals surface area contributed by atoms with Crippen molar-refractivity contribution in [2.45, 2.75) is 63.6 Å². The van der Waals surface area contributed by atoms with E-state index in [0.29, 0.717) is 18.1 Å². The molecule has 1 heterocycles. The Morgan fingerprint density at radius 1 is 1.30 bits per heavy atom. The van der Waals surface area contributed by atoms with Crippen LogP contribution < -0.4 is 5.73 Å². The summed E-state index contributed by atoms with van der Waals surface area (Å²) in [5.74, 6) is 0.199. The van der Waals surface area contributed by atoms with Crippen LogP contribution in [-0.4, -0.2) is 34.0 Å². The fourth-order valence-corrected chi connectivity index (χ4v) is 3.37. The monoisotopic (exact) mass is 275 g/mol. The molecule has 2 aliphatic rings. The molecule has 0 aromatic carbocycles. The maximum Gasteiger partial charge on any atom is 0.270 e. The lowest BCUT2D eigenvalue weighted by atomic mass is 9.90. The zero-order chi connectivity index (χ0) is 14.1. The van der Waals surface area contributed by atoms with Crippen molar-refractivity contribution in [3.8, 4) is 0 Å². The minimum atomic E-state index is 0.199. The molecule has 110 valence electrons. The number of nitrogens with zero attached hydrogens (tertiary/aromatic N) is 2. The van der Waals surface area contributed by atoms with Crippen LogP contribution in [0.25, 0.3) is 0 Å². The minimum Gasteiger partial charge on any atom is -0.340 e. The van der Waals surface area contributed by atoms with Gasteiger partial charge in [-0.05, 0) is 57.6 Å². The SMILES string of the molecule is CCN(C(=O)c1cccn1C1CC1)C1CCC(N)CC1. The van der Waals surface area contributed by atoms with E-state index in [1.54, 1.807) is 0 Å². The number of carbonyl (C=O) groups is 1. The van der Waals surface area contributed by atoms with Gasteiger partial charge >= 0.3 is 0 Å². The quantitative estimate of drug-likeness (QED) is 0.918. The highest BCUT2D eigenvalue weighted by atomic mass is 16.2. The second kappa shape index (κ2) is 5.60. The normalized spacial score (nSPS) is 26.5. The zero-order valence-corrected chi connectivity index (χ0v) is 12.3. The highest BCUT2D eigenvalue weighted by Crippen LogP contribution is 2.36. The van der Waals surface area contributed by atoms with Crippen molar-refractivity contribution in [1.82, 2.24) is 9.47 Å². The Kier molecular flexibility index (Phi) is 3.83. The first-order chi connectivity index (χ1) is 9.70. The summed E-state index contributed by atoms with van der Waals surface area (Å²) in [4.78, 5) is 14.9. The van der Waals surface area contributed by atoms with E-state index in [0.717, 1.165) is 37.9 Å². The number of rotatable bonds is 4. The second-order valence-electron chi connectivity index (χ2n) is 6.19. The molecule has 0 bridgehead atoms. The van der Waals surface area contributed by atoms with Crippen LogP contribution >= 0.6 is 0 Å². The Labute approximate surface area is 120 Å². The Morgan fingerprint density at radius 3 is 2.60 bits per heavy atom. The van der Waals surface area contributed by atoms with Crippen LogP contribution in [0.5, 0.6) is 0 Å². The van der Waals surface area contributed by atoms with Gasteiger partial charge < -0.3 is 15.2 Å². The molecule has 0 saturated heterocycles. The van der Waals surface area contributed by atoms with Crippen LogP contribution in [0.15, 0.2) is 18.3 Å². The average Bonchev–Trinajstić information content (AvgIpc) is 3.19. The molecule has 3 rings (SSSR count). The first kappa shape index (κ1) is 13.7. The van der Waals surface area contributed by atoms with Gasteiger partial charge in [-0.25, -0.2) is 0 Å². The smallest absolute Gasteiger partial charge is 0.270 e. The van der Waals surface area contributed by atoms with Crippen molar-refractivity contribution in [2.24, 2.45) is 5.73 Å². The van der Waals surface area contributed by atoms with Gasteiger partial charge in [-0.1, -0.05) is 0 Å². The molecule has 1 aromatic rings. The van der Waals surface area contributed by atoms with E-state index in [1.165, 1.54) is 12.8 Å². The molecule has 2 fully saturated rings. The van der Waals surface area contributed by atoms with Crippen molar-refractivity contribution in [1.29, 1.82) is 0 Å². The molecule has 4 nitrogen and oxygen atoms in total. The number of nitrogens with two attached hydrogens (primary N) is 1. The summed E-state index contributed by atoms with van der Waals surface area (Å²) in [6.45, 7) is 2.87. The molecule has 20 heavy (non-hydrogen) atoms. The highest BCUT2D eigenvalue weighted by Gasteiger charge is 2.31. The van der Waals surface area contributed by atoms with Gasteiger partial charge in [-0.3, -0.25) is 4.79 Å². The van der Waals surface area contributed by atoms with Gasteiger partial charge in [0.1, 0.15) is 5.69 Å².